The van der Waals surface area contributed by atoms with E-state index in [0.29, 0.717) is 5.41 Å². The molecule has 0 aromatic heterocycles. The lowest BCUT2D eigenvalue weighted by atomic mass is 9.47. The standard InChI is InChI=1S/C35H58O5/c1-23(2)9-8-10-24(3)28-13-14-29-27-12-11-25-21-26(17-19-34(25,6)30(27)18-20-35(28,29)7)39-31(37)15-16-32(38)40-33(4,5)22-36/h11,23-24,26-30,36H,8-10,12-22H2,1-7H3/t24?,26-,27-,28?,29-,30-,34-,35+/m0/s1. The zero-order chi connectivity index (χ0) is 29.3. The number of rotatable bonds is 11. The van der Waals surface area contributed by atoms with E-state index in [2.05, 4.69) is 40.7 Å². The van der Waals surface area contributed by atoms with Crippen LogP contribution in [0.3, 0.4) is 0 Å². The minimum absolute atomic E-state index is 0.0172. The van der Waals surface area contributed by atoms with Gasteiger partial charge in [-0.25, -0.2) is 0 Å². The van der Waals surface area contributed by atoms with Gasteiger partial charge >= 0.3 is 11.9 Å². The van der Waals surface area contributed by atoms with Gasteiger partial charge in [-0.3, -0.25) is 9.59 Å². The smallest absolute Gasteiger partial charge is 0.306 e. The number of carbonyl (C=O) groups excluding carboxylic acids is 2. The highest BCUT2D eigenvalue weighted by Gasteiger charge is 2.59. The van der Waals surface area contributed by atoms with Crippen molar-refractivity contribution in [2.45, 2.75) is 144 Å². The number of esters is 2. The number of allylic oxidation sites excluding steroid dienone is 1. The summed E-state index contributed by atoms with van der Waals surface area (Å²) in [5.74, 6) is 4.13. The predicted octanol–water partition coefficient (Wildman–Crippen LogP) is 8.03. The Hall–Kier alpha value is -1.36. The molecular formula is C35H58O5. The minimum Gasteiger partial charge on any atom is -0.462 e. The summed E-state index contributed by atoms with van der Waals surface area (Å²) >= 11 is 0. The van der Waals surface area contributed by atoms with E-state index >= 15 is 0 Å². The molecule has 4 aliphatic rings. The van der Waals surface area contributed by atoms with Crippen molar-refractivity contribution >= 4 is 11.9 Å². The molecule has 1 N–H and O–H groups in total. The normalized spacial score (nSPS) is 36.2. The molecule has 4 rings (SSSR count). The van der Waals surface area contributed by atoms with Crippen LogP contribution in [0.2, 0.25) is 0 Å². The topological polar surface area (TPSA) is 72.8 Å². The van der Waals surface area contributed by atoms with Gasteiger partial charge in [-0.2, -0.15) is 0 Å². The molecule has 0 aliphatic heterocycles. The number of aliphatic hydroxyl groups is 1. The molecule has 8 atom stereocenters. The average molecular weight is 559 g/mol. The van der Waals surface area contributed by atoms with E-state index in [0.717, 1.165) is 54.8 Å². The van der Waals surface area contributed by atoms with Crippen molar-refractivity contribution in [2.24, 2.45) is 46.3 Å². The zero-order valence-electron chi connectivity index (χ0n) is 26.6. The summed E-state index contributed by atoms with van der Waals surface area (Å²) in [6.45, 7) is 15.5. The highest BCUT2D eigenvalue weighted by molar-refractivity contribution is 5.78. The Labute approximate surface area is 244 Å². The van der Waals surface area contributed by atoms with Crippen molar-refractivity contribution in [3.05, 3.63) is 11.6 Å². The maximum Gasteiger partial charge on any atom is 0.306 e. The molecule has 40 heavy (non-hydrogen) atoms. The first-order valence-electron chi connectivity index (χ1n) is 16.5. The first-order chi connectivity index (χ1) is 18.8. The molecule has 0 heterocycles. The van der Waals surface area contributed by atoms with Crippen molar-refractivity contribution in [1.29, 1.82) is 0 Å². The van der Waals surface area contributed by atoms with E-state index in [1.54, 1.807) is 13.8 Å². The van der Waals surface area contributed by atoms with Gasteiger partial charge in [0.25, 0.3) is 0 Å². The van der Waals surface area contributed by atoms with Gasteiger partial charge < -0.3 is 14.6 Å². The molecule has 0 saturated heterocycles. The maximum absolute atomic E-state index is 12.6. The third-order valence-corrected chi connectivity index (χ3v) is 11.9. The fraction of sp³-hybridized carbons (Fsp3) is 0.886. The summed E-state index contributed by atoms with van der Waals surface area (Å²) in [4.78, 5) is 24.6. The van der Waals surface area contributed by atoms with Gasteiger partial charge in [0.2, 0.25) is 0 Å². The average Bonchev–Trinajstić information content (AvgIpc) is 3.24. The van der Waals surface area contributed by atoms with Crippen molar-refractivity contribution < 1.29 is 24.2 Å². The van der Waals surface area contributed by atoms with Gasteiger partial charge in [0.15, 0.2) is 0 Å². The Kier molecular flexibility index (Phi) is 9.85. The molecule has 4 aliphatic carbocycles. The number of hydrogen-bond donors (Lipinski definition) is 1. The Morgan fingerprint density at radius 2 is 1.73 bits per heavy atom. The summed E-state index contributed by atoms with van der Waals surface area (Å²) in [6, 6.07) is 0. The van der Waals surface area contributed by atoms with Gasteiger partial charge in [0.05, 0.1) is 19.4 Å². The minimum atomic E-state index is -0.929. The molecule has 0 bridgehead atoms. The van der Waals surface area contributed by atoms with Crippen LogP contribution in [0.4, 0.5) is 0 Å². The first kappa shape index (κ1) is 31.6. The second-order valence-corrected chi connectivity index (χ2v) is 15.5. The van der Waals surface area contributed by atoms with Gasteiger partial charge in [0, 0.05) is 6.42 Å². The van der Waals surface area contributed by atoms with Crippen LogP contribution in [0.25, 0.3) is 0 Å². The number of ether oxygens (including phenoxy) is 2. The Bertz CT molecular complexity index is 936. The van der Waals surface area contributed by atoms with Crippen molar-refractivity contribution in [3.8, 4) is 0 Å². The number of carbonyl (C=O) groups is 2. The van der Waals surface area contributed by atoms with Gasteiger partial charge in [-0.15, -0.1) is 0 Å². The van der Waals surface area contributed by atoms with Gasteiger partial charge in [0.1, 0.15) is 11.7 Å². The van der Waals surface area contributed by atoms with Crippen LogP contribution in [0.15, 0.2) is 11.6 Å². The van der Waals surface area contributed by atoms with E-state index in [1.165, 1.54) is 56.9 Å². The van der Waals surface area contributed by atoms with E-state index in [-0.39, 0.29) is 36.9 Å². The summed E-state index contributed by atoms with van der Waals surface area (Å²) in [7, 11) is 0. The highest BCUT2D eigenvalue weighted by Crippen LogP contribution is 2.67. The lowest BCUT2D eigenvalue weighted by Crippen LogP contribution is -2.51. The lowest BCUT2D eigenvalue weighted by molar-refractivity contribution is -0.163. The molecule has 0 amide bonds. The quantitative estimate of drug-likeness (QED) is 0.205. The molecular weight excluding hydrogens is 500 g/mol. The monoisotopic (exact) mass is 558 g/mol. The summed E-state index contributed by atoms with van der Waals surface area (Å²) in [5, 5.41) is 9.28. The Morgan fingerprint density at radius 3 is 2.42 bits per heavy atom. The number of hydrogen-bond acceptors (Lipinski definition) is 5. The summed E-state index contributed by atoms with van der Waals surface area (Å²) < 4.78 is 11.1. The molecule has 0 aromatic carbocycles. The van der Waals surface area contributed by atoms with Gasteiger partial charge in [-0.05, 0) is 105 Å². The number of fused-ring (bicyclic) bond motifs is 5. The third-order valence-electron chi connectivity index (χ3n) is 11.9. The van der Waals surface area contributed by atoms with Crippen molar-refractivity contribution in [1.82, 2.24) is 0 Å². The molecule has 5 nitrogen and oxygen atoms in total. The van der Waals surface area contributed by atoms with Gasteiger partial charge in [-0.1, -0.05) is 65.5 Å². The fourth-order valence-corrected chi connectivity index (χ4v) is 9.59. The summed E-state index contributed by atoms with van der Waals surface area (Å²) in [5.41, 5.74) is 1.32. The molecule has 0 spiro atoms. The van der Waals surface area contributed by atoms with Crippen molar-refractivity contribution in [3.63, 3.8) is 0 Å². The Balaban J connectivity index is 1.33. The van der Waals surface area contributed by atoms with Crippen LogP contribution >= 0.6 is 0 Å². The van der Waals surface area contributed by atoms with Crippen LogP contribution in [0.5, 0.6) is 0 Å². The third kappa shape index (κ3) is 6.65. The maximum atomic E-state index is 12.6. The van der Waals surface area contributed by atoms with Crippen LogP contribution in [-0.4, -0.2) is 35.4 Å². The van der Waals surface area contributed by atoms with Crippen LogP contribution in [-0.2, 0) is 19.1 Å². The largest absolute Gasteiger partial charge is 0.462 e. The van der Waals surface area contributed by atoms with E-state index < -0.39 is 11.6 Å². The summed E-state index contributed by atoms with van der Waals surface area (Å²) in [6.07, 6.45) is 16.2. The SMILES string of the molecule is CC(C)CCCC(C)C1CC[C@H]2[C@@H]3CC=C4C[C@@H](OC(=O)CCC(=O)OC(C)(C)CO)CC[C@]4(C)[C@H]3CC[C@]12C. The fourth-order valence-electron chi connectivity index (χ4n) is 9.59. The van der Waals surface area contributed by atoms with E-state index in [4.69, 9.17) is 9.47 Å². The lowest BCUT2D eigenvalue weighted by Gasteiger charge is -2.58. The zero-order valence-corrected chi connectivity index (χ0v) is 26.6. The molecule has 5 heteroatoms. The molecule has 3 saturated carbocycles. The van der Waals surface area contributed by atoms with Crippen LogP contribution < -0.4 is 0 Å². The van der Waals surface area contributed by atoms with Crippen LogP contribution in [0.1, 0.15) is 132 Å². The Morgan fingerprint density at radius 1 is 1.00 bits per heavy atom. The first-order valence-corrected chi connectivity index (χ1v) is 16.5. The van der Waals surface area contributed by atoms with Crippen LogP contribution in [0, 0.1) is 46.3 Å². The van der Waals surface area contributed by atoms with Crippen molar-refractivity contribution in [2.75, 3.05) is 6.61 Å². The molecule has 0 radical (unpaired) electrons. The van der Waals surface area contributed by atoms with E-state index in [1.807, 2.05) is 0 Å². The molecule has 2 unspecified atom stereocenters. The highest BCUT2D eigenvalue weighted by atomic mass is 16.6. The molecule has 3 fully saturated rings. The molecule has 0 aromatic rings. The second kappa shape index (κ2) is 12.5. The number of aliphatic hydroxyl groups excluding tert-OH is 1. The molecule has 228 valence electrons. The van der Waals surface area contributed by atoms with E-state index in [9.17, 15) is 14.7 Å². The predicted molar refractivity (Wildman–Crippen MR) is 159 cm³/mol. The second-order valence-electron chi connectivity index (χ2n) is 15.5.